The fourth-order valence-corrected chi connectivity index (χ4v) is 1.58. The highest BCUT2D eigenvalue weighted by molar-refractivity contribution is 5.60. The van der Waals surface area contributed by atoms with Crippen molar-refractivity contribution in [2.75, 3.05) is 6.54 Å². The van der Waals surface area contributed by atoms with Gasteiger partial charge in [-0.1, -0.05) is 0 Å². The number of aromatic nitrogens is 1. The average molecular weight is 220 g/mol. The van der Waals surface area contributed by atoms with Crippen LogP contribution < -0.4 is 5.73 Å². The highest BCUT2D eigenvalue weighted by atomic mass is 19.1. The highest BCUT2D eigenvalue weighted by Crippen LogP contribution is 2.24. The number of benzene rings is 1. The van der Waals surface area contributed by atoms with Crippen molar-refractivity contribution in [1.82, 2.24) is 4.98 Å². The molecule has 4 heteroatoms. The van der Waals surface area contributed by atoms with E-state index in [1.165, 1.54) is 12.1 Å². The van der Waals surface area contributed by atoms with E-state index in [-0.39, 0.29) is 5.82 Å². The molecule has 3 nitrogen and oxygen atoms in total. The van der Waals surface area contributed by atoms with Gasteiger partial charge in [-0.2, -0.15) is 0 Å². The zero-order chi connectivity index (χ0) is 11.5. The zero-order valence-electron chi connectivity index (χ0n) is 9.03. The average Bonchev–Trinajstić information content (AvgIpc) is 2.67. The van der Waals surface area contributed by atoms with Crippen molar-refractivity contribution < 1.29 is 8.81 Å². The Labute approximate surface area is 93.1 Å². The smallest absolute Gasteiger partial charge is 0.196 e. The molecule has 0 spiro atoms. The van der Waals surface area contributed by atoms with E-state index in [2.05, 4.69) is 4.98 Å². The predicted octanol–water partition coefficient (Wildman–Crippen LogP) is 2.29. The van der Waals surface area contributed by atoms with Crippen LogP contribution in [0.4, 0.5) is 4.39 Å². The maximum Gasteiger partial charge on any atom is 0.196 e. The predicted molar refractivity (Wildman–Crippen MR) is 59.4 cm³/mol. The molecule has 1 aromatic heterocycles. The molecule has 0 aliphatic rings. The minimum atomic E-state index is -0.247. The van der Waals surface area contributed by atoms with Crippen molar-refractivity contribution in [3.63, 3.8) is 0 Å². The van der Waals surface area contributed by atoms with E-state index in [0.29, 0.717) is 24.6 Å². The molecule has 0 fully saturated rings. The monoisotopic (exact) mass is 220 g/mol. The summed E-state index contributed by atoms with van der Waals surface area (Å²) < 4.78 is 18.4. The second-order valence-corrected chi connectivity index (χ2v) is 3.62. The standard InChI is InChI=1S/C12H13FN2O/c1-8-6-9(13)2-3-10(8)11-7-15-12(16-11)4-5-14/h2-3,6-7H,4-5,14H2,1H3. The largest absolute Gasteiger partial charge is 0.441 e. The summed E-state index contributed by atoms with van der Waals surface area (Å²) in [5.41, 5.74) is 7.10. The molecule has 0 aliphatic heterocycles. The van der Waals surface area contributed by atoms with Gasteiger partial charge in [-0.25, -0.2) is 9.37 Å². The molecular weight excluding hydrogens is 207 g/mol. The zero-order valence-corrected chi connectivity index (χ0v) is 9.03. The Hall–Kier alpha value is -1.68. The lowest BCUT2D eigenvalue weighted by molar-refractivity contribution is 0.507. The Bertz CT molecular complexity index is 494. The van der Waals surface area contributed by atoms with Crippen molar-refractivity contribution in [3.8, 4) is 11.3 Å². The molecular formula is C12H13FN2O. The van der Waals surface area contributed by atoms with Crippen molar-refractivity contribution in [3.05, 3.63) is 41.7 Å². The van der Waals surface area contributed by atoms with E-state index in [1.54, 1.807) is 12.3 Å². The van der Waals surface area contributed by atoms with Crippen molar-refractivity contribution in [2.45, 2.75) is 13.3 Å². The Balaban J connectivity index is 2.35. The summed E-state index contributed by atoms with van der Waals surface area (Å²) in [6, 6.07) is 4.57. The fraction of sp³-hybridized carbons (Fsp3) is 0.250. The molecule has 0 unspecified atom stereocenters. The molecule has 1 aromatic carbocycles. The van der Waals surface area contributed by atoms with Crippen LogP contribution in [0.1, 0.15) is 11.5 Å². The van der Waals surface area contributed by atoms with Crippen LogP contribution in [-0.2, 0) is 6.42 Å². The van der Waals surface area contributed by atoms with Crippen LogP contribution >= 0.6 is 0 Å². The Morgan fingerprint density at radius 1 is 1.44 bits per heavy atom. The summed E-state index contributed by atoms with van der Waals surface area (Å²) in [4.78, 5) is 4.11. The molecule has 1 heterocycles. The van der Waals surface area contributed by atoms with Gasteiger partial charge in [-0.05, 0) is 30.7 Å². The van der Waals surface area contributed by atoms with Gasteiger partial charge in [-0.15, -0.1) is 0 Å². The van der Waals surface area contributed by atoms with Crippen LogP contribution in [0.2, 0.25) is 0 Å². The van der Waals surface area contributed by atoms with E-state index in [9.17, 15) is 4.39 Å². The molecule has 0 saturated carbocycles. The van der Waals surface area contributed by atoms with Crippen LogP contribution in [0.3, 0.4) is 0 Å². The summed E-state index contributed by atoms with van der Waals surface area (Å²) in [5.74, 6) is 1.02. The van der Waals surface area contributed by atoms with Gasteiger partial charge in [0.1, 0.15) is 5.82 Å². The Morgan fingerprint density at radius 2 is 2.25 bits per heavy atom. The third-order valence-electron chi connectivity index (χ3n) is 2.37. The minimum Gasteiger partial charge on any atom is -0.441 e. The van der Waals surface area contributed by atoms with Gasteiger partial charge in [0.25, 0.3) is 0 Å². The number of halogens is 1. The van der Waals surface area contributed by atoms with Crippen LogP contribution in [0, 0.1) is 12.7 Å². The summed E-state index contributed by atoms with van der Waals surface area (Å²) in [6.45, 7) is 2.34. The summed E-state index contributed by atoms with van der Waals surface area (Å²) in [5, 5.41) is 0. The van der Waals surface area contributed by atoms with E-state index in [4.69, 9.17) is 10.2 Å². The van der Waals surface area contributed by atoms with Gasteiger partial charge < -0.3 is 10.2 Å². The van der Waals surface area contributed by atoms with Gasteiger partial charge in [0.15, 0.2) is 11.7 Å². The lowest BCUT2D eigenvalue weighted by atomic mass is 10.1. The normalized spacial score (nSPS) is 10.7. The summed E-state index contributed by atoms with van der Waals surface area (Å²) >= 11 is 0. The highest BCUT2D eigenvalue weighted by Gasteiger charge is 2.08. The lowest BCUT2D eigenvalue weighted by Crippen LogP contribution is -2.02. The van der Waals surface area contributed by atoms with E-state index in [1.807, 2.05) is 6.92 Å². The van der Waals surface area contributed by atoms with Crippen LogP contribution in [0.5, 0.6) is 0 Å². The van der Waals surface area contributed by atoms with Crippen molar-refractivity contribution in [2.24, 2.45) is 5.73 Å². The number of rotatable bonds is 3. The maximum absolute atomic E-state index is 12.9. The molecule has 0 radical (unpaired) electrons. The first-order valence-corrected chi connectivity index (χ1v) is 5.12. The van der Waals surface area contributed by atoms with E-state index < -0.39 is 0 Å². The molecule has 0 bridgehead atoms. The topological polar surface area (TPSA) is 52.0 Å². The third-order valence-corrected chi connectivity index (χ3v) is 2.37. The van der Waals surface area contributed by atoms with Gasteiger partial charge in [-0.3, -0.25) is 0 Å². The molecule has 0 atom stereocenters. The first kappa shape index (κ1) is 10.8. The molecule has 84 valence electrons. The number of hydrogen-bond donors (Lipinski definition) is 1. The van der Waals surface area contributed by atoms with E-state index in [0.717, 1.165) is 11.1 Å². The Morgan fingerprint density at radius 3 is 2.94 bits per heavy atom. The first-order valence-electron chi connectivity index (χ1n) is 5.12. The number of nitrogens with two attached hydrogens (primary N) is 1. The van der Waals surface area contributed by atoms with E-state index >= 15 is 0 Å². The molecule has 16 heavy (non-hydrogen) atoms. The van der Waals surface area contributed by atoms with Gasteiger partial charge in [0, 0.05) is 18.5 Å². The quantitative estimate of drug-likeness (QED) is 0.863. The van der Waals surface area contributed by atoms with Crippen molar-refractivity contribution in [1.29, 1.82) is 0 Å². The number of hydrogen-bond acceptors (Lipinski definition) is 3. The molecule has 0 saturated heterocycles. The summed E-state index contributed by atoms with van der Waals surface area (Å²) in [6.07, 6.45) is 2.26. The van der Waals surface area contributed by atoms with Crippen molar-refractivity contribution >= 4 is 0 Å². The maximum atomic E-state index is 12.9. The first-order chi connectivity index (χ1) is 7.70. The third kappa shape index (κ3) is 2.12. The number of aryl methyl sites for hydroxylation is 1. The number of nitrogens with zero attached hydrogens (tertiary/aromatic N) is 1. The second-order valence-electron chi connectivity index (χ2n) is 3.62. The Kier molecular flexibility index (Phi) is 3.01. The molecule has 2 N–H and O–H groups in total. The lowest BCUT2D eigenvalue weighted by Gasteiger charge is -2.01. The number of oxazole rings is 1. The second kappa shape index (κ2) is 4.45. The van der Waals surface area contributed by atoms with Crippen LogP contribution in [-0.4, -0.2) is 11.5 Å². The molecule has 2 rings (SSSR count). The van der Waals surface area contributed by atoms with Gasteiger partial charge in [0.05, 0.1) is 6.20 Å². The van der Waals surface area contributed by atoms with Gasteiger partial charge >= 0.3 is 0 Å². The van der Waals surface area contributed by atoms with Gasteiger partial charge in [0.2, 0.25) is 0 Å². The minimum absolute atomic E-state index is 0.247. The molecule has 0 aliphatic carbocycles. The van der Waals surface area contributed by atoms with Crippen LogP contribution in [0.25, 0.3) is 11.3 Å². The molecule has 0 amide bonds. The van der Waals surface area contributed by atoms with Crippen LogP contribution in [0.15, 0.2) is 28.8 Å². The summed E-state index contributed by atoms with van der Waals surface area (Å²) in [7, 11) is 0. The molecule has 2 aromatic rings. The SMILES string of the molecule is Cc1cc(F)ccc1-c1cnc(CCN)o1. The fourth-order valence-electron chi connectivity index (χ4n) is 1.58.